The lowest BCUT2D eigenvalue weighted by molar-refractivity contribution is -0.119. The molecule has 3 N–H and O–H groups in total. The minimum absolute atomic E-state index is 0.0500. The fourth-order valence-corrected chi connectivity index (χ4v) is 4.81. The largest absolute Gasteiger partial charge is 0.469 e. The Hall–Kier alpha value is -2.81. The summed E-state index contributed by atoms with van der Waals surface area (Å²) in [6, 6.07) is 8.61. The fraction of sp³-hybridized carbons (Fsp3) is 0.368. The Morgan fingerprint density at radius 1 is 1.36 bits per heavy atom. The van der Waals surface area contributed by atoms with Crippen molar-refractivity contribution in [2.75, 3.05) is 23.1 Å². The molecule has 8 nitrogen and oxygen atoms in total. The van der Waals surface area contributed by atoms with Gasteiger partial charge in [-0.25, -0.2) is 13.4 Å². The minimum atomic E-state index is -3.85. The van der Waals surface area contributed by atoms with Crippen LogP contribution < -0.4 is 20.1 Å². The Labute approximate surface area is 163 Å². The molecule has 0 bridgehead atoms. The molecule has 0 saturated heterocycles. The van der Waals surface area contributed by atoms with Gasteiger partial charge in [-0.15, -0.1) is 0 Å². The van der Waals surface area contributed by atoms with E-state index < -0.39 is 16.1 Å². The predicted octanol–water partition coefficient (Wildman–Crippen LogP) is 1.63. The zero-order chi connectivity index (χ0) is 19.9. The van der Waals surface area contributed by atoms with Crippen molar-refractivity contribution in [3.63, 3.8) is 0 Å². The first kappa shape index (κ1) is 18.5. The zero-order valence-corrected chi connectivity index (χ0v) is 16.3. The molecule has 1 saturated carbocycles. The molecule has 1 amide bonds. The molecule has 9 heteroatoms. The van der Waals surface area contributed by atoms with E-state index in [1.165, 1.54) is 17.4 Å². The van der Waals surface area contributed by atoms with Crippen LogP contribution in [0.5, 0.6) is 5.88 Å². The summed E-state index contributed by atoms with van der Waals surface area (Å²) in [4.78, 5) is 15.6. The van der Waals surface area contributed by atoms with Crippen LogP contribution in [0.15, 0.2) is 41.4 Å². The molecule has 148 valence electrons. The van der Waals surface area contributed by atoms with E-state index in [2.05, 4.69) is 10.3 Å². The van der Waals surface area contributed by atoms with Gasteiger partial charge in [0.05, 0.1) is 29.9 Å². The van der Waals surface area contributed by atoms with Crippen LogP contribution in [0.1, 0.15) is 31.2 Å². The third-order valence-corrected chi connectivity index (χ3v) is 6.62. The van der Waals surface area contributed by atoms with Crippen LogP contribution in [0.3, 0.4) is 0 Å². The van der Waals surface area contributed by atoms with Crippen LogP contribution in [0.4, 0.5) is 11.4 Å². The number of carbonyl (C=O) groups excluding carboxylic acids is 1. The highest BCUT2D eigenvalue weighted by Gasteiger charge is 2.36. The quantitative estimate of drug-likeness (QED) is 0.786. The summed E-state index contributed by atoms with van der Waals surface area (Å²) in [6.45, 7) is 1.62. The Morgan fingerprint density at radius 2 is 2.14 bits per heavy atom. The number of carbonyl (C=O) groups is 1. The maximum absolute atomic E-state index is 13.5. The summed E-state index contributed by atoms with van der Waals surface area (Å²) >= 11 is 0. The standard InChI is InChI=1S/C19H22N4O4S/c1-12(24)21-10-16-11-23(18-8-15(20)9-22-19(18)27-16)28(25,26)17-4-2-3-14(7-17)13-5-6-13/h2-4,7-9,13,16H,5-6,10-11,20H2,1H3,(H,21,24). The number of hydrogen-bond acceptors (Lipinski definition) is 6. The fourth-order valence-electron chi connectivity index (χ4n) is 3.27. The minimum Gasteiger partial charge on any atom is -0.469 e. The molecule has 0 radical (unpaired) electrons. The van der Waals surface area contributed by atoms with Crippen molar-refractivity contribution in [2.24, 2.45) is 0 Å². The molecule has 1 aromatic heterocycles. The lowest BCUT2D eigenvalue weighted by Crippen LogP contribution is -2.48. The highest BCUT2D eigenvalue weighted by atomic mass is 32.2. The third kappa shape index (κ3) is 3.62. The first-order chi connectivity index (χ1) is 13.3. The number of hydrogen-bond donors (Lipinski definition) is 2. The summed E-state index contributed by atoms with van der Waals surface area (Å²) in [5, 5.41) is 2.66. The summed E-state index contributed by atoms with van der Waals surface area (Å²) in [7, 11) is -3.85. The number of benzene rings is 1. The Morgan fingerprint density at radius 3 is 2.86 bits per heavy atom. The van der Waals surface area contributed by atoms with Gasteiger partial charge in [-0.2, -0.15) is 0 Å². The van der Waals surface area contributed by atoms with E-state index in [-0.39, 0.29) is 29.8 Å². The molecule has 28 heavy (non-hydrogen) atoms. The summed E-state index contributed by atoms with van der Waals surface area (Å²) in [5.41, 5.74) is 7.52. The van der Waals surface area contributed by atoms with Gasteiger partial charge in [0.15, 0.2) is 0 Å². The first-order valence-corrected chi connectivity index (χ1v) is 10.6. The molecule has 1 fully saturated rings. The van der Waals surface area contributed by atoms with E-state index in [9.17, 15) is 13.2 Å². The van der Waals surface area contributed by atoms with Gasteiger partial charge in [0.2, 0.25) is 11.8 Å². The number of fused-ring (bicyclic) bond motifs is 1. The van der Waals surface area contributed by atoms with Crippen molar-refractivity contribution in [2.45, 2.75) is 36.7 Å². The van der Waals surface area contributed by atoms with Crippen LogP contribution >= 0.6 is 0 Å². The highest BCUT2D eigenvalue weighted by Crippen LogP contribution is 2.41. The number of nitrogens with zero attached hydrogens (tertiary/aromatic N) is 2. The molecule has 2 aliphatic rings. The van der Waals surface area contributed by atoms with Crippen LogP contribution in [0.2, 0.25) is 0 Å². The number of sulfonamides is 1. The summed E-state index contributed by atoms with van der Waals surface area (Å²) in [5.74, 6) is 0.404. The number of rotatable bonds is 5. The number of aromatic nitrogens is 1. The van der Waals surface area contributed by atoms with Gasteiger partial charge in [-0.3, -0.25) is 9.10 Å². The molecule has 1 aromatic carbocycles. The predicted molar refractivity (Wildman–Crippen MR) is 105 cm³/mol. The number of anilines is 2. The van der Waals surface area contributed by atoms with Crippen LogP contribution in [0, 0.1) is 0 Å². The van der Waals surface area contributed by atoms with E-state index in [1.54, 1.807) is 24.3 Å². The Balaban J connectivity index is 1.72. The van der Waals surface area contributed by atoms with Gasteiger partial charge in [-0.1, -0.05) is 12.1 Å². The van der Waals surface area contributed by atoms with E-state index >= 15 is 0 Å². The van der Waals surface area contributed by atoms with E-state index in [0.29, 0.717) is 17.3 Å². The van der Waals surface area contributed by atoms with Crippen LogP contribution in [-0.4, -0.2) is 38.5 Å². The SMILES string of the molecule is CC(=O)NCC1CN(S(=O)(=O)c2cccc(C3CC3)c2)c2cc(N)cnc2O1. The molecule has 2 heterocycles. The van der Waals surface area contributed by atoms with Gasteiger partial charge < -0.3 is 15.8 Å². The first-order valence-electron chi connectivity index (χ1n) is 9.14. The van der Waals surface area contributed by atoms with Crippen molar-refractivity contribution >= 4 is 27.3 Å². The van der Waals surface area contributed by atoms with Gasteiger partial charge in [-0.05, 0) is 42.5 Å². The average Bonchev–Trinajstić information content (AvgIpc) is 3.51. The normalized spacial score (nSPS) is 18.9. The maximum atomic E-state index is 13.5. The molecular weight excluding hydrogens is 380 g/mol. The summed E-state index contributed by atoms with van der Waals surface area (Å²) in [6.07, 6.45) is 3.03. The number of nitrogens with one attached hydrogen (secondary N) is 1. The van der Waals surface area contributed by atoms with Gasteiger partial charge in [0.25, 0.3) is 10.0 Å². The second-order valence-electron chi connectivity index (χ2n) is 7.15. The maximum Gasteiger partial charge on any atom is 0.264 e. The summed E-state index contributed by atoms with van der Waals surface area (Å²) < 4.78 is 34.0. The van der Waals surface area contributed by atoms with Crippen LogP contribution in [-0.2, 0) is 14.8 Å². The van der Waals surface area contributed by atoms with Crippen LogP contribution in [0.25, 0.3) is 0 Å². The highest BCUT2D eigenvalue weighted by molar-refractivity contribution is 7.92. The molecule has 1 aliphatic heterocycles. The van der Waals surface area contributed by atoms with E-state index in [1.807, 2.05) is 6.07 Å². The molecule has 1 unspecified atom stereocenters. The number of amides is 1. The van der Waals surface area contributed by atoms with E-state index in [4.69, 9.17) is 10.5 Å². The lowest BCUT2D eigenvalue weighted by Gasteiger charge is -2.34. The molecule has 4 rings (SSSR count). The molecular formula is C19H22N4O4S. The second kappa shape index (κ2) is 6.97. The topological polar surface area (TPSA) is 115 Å². The van der Waals surface area contributed by atoms with Gasteiger partial charge in [0.1, 0.15) is 11.8 Å². The van der Waals surface area contributed by atoms with Crippen molar-refractivity contribution in [1.29, 1.82) is 0 Å². The van der Waals surface area contributed by atoms with Gasteiger partial charge >= 0.3 is 0 Å². The number of pyridine rings is 1. The third-order valence-electron chi connectivity index (χ3n) is 4.84. The molecule has 1 atom stereocenters. The number of nitrogens with two attached hydrogens (primary N) is 1. The van der Waals surface area contributed by atoms with Crippen molar-refractivity contribution in [3.8, 4) is 5.88 Å². The smallest absolute Gasteiger partial charge is 0.264 e. The van der Waals surface area contributed by atoms with E-state index in [0.717, 1.165) is 18.4 Å². The number of nitrogen functional groups attached to an aromatic ring is 1. The monoisotopic (exact) mass is 402 g/mol. The molecule has 2 aromatic rings. The van der Waals surface area contributed by atoms with Gasteiger partial charge in [0, 0.05) is 6.92 Å². The van der Waals surface area contributed by atoms with Crippen molar-refractivity contribution in [3.05, 3.63) is 42.1 Å². The second-order valence-corrected chi connectivity index (χ2v) is 9.02. The Bertz CT molecular complexity index is 1020. The average molecular weight is 402 g/mol. The van der Waals surface area contributed by atoms with Crippen molar-refractivity contribution < 1.29 is 17.9 Å². The molecule has 1 aliphatic carbocycles. The lowest BCUT2D eigenvalue weighted by atomic mass is 10.1. The molecule has 0 spiro atoms. The Kier molecular flexibility index (Phi) is 4.62. The van der Waals surface area contributed by atoms with Crippen molar-refractivity contribution in [1.82, 2.24) is 10.3 Å². The zero-order valence-electron chi connectivity index (χ0n) is 15.5. The number of ether oxygens (including phenoxy) is 1.